The van der Waals surface area contributed by atoms with Gasteiger partial charge in [-0.15, -0.1) is 13.2 Å². The van der Waals surface area contributed by atoms with Crippen molar-refractivity contribution < 1.29 is 0 Å². The maximum Gasteiger partial charge on any atom is 0.0554 e. The lowest BCUT2D eigenvalue weighted by atomic mass is 9.94. The van der Waals surface area contributed by atoms with E-state index >= 15 is 0 Å². The summed E-state index contributed by atoms with van der Waals surface area (Å²) in [5, 5.41) is 0. The number of rotatable bonds is 16. The third kappa shape index (κ3) is 8.32. The first-order valence-corrected chi connectivity index (χ1v) is 17.1. The van der Waals surface area contributed by atoms with Crippen LogP contribution in [0.2, 0.25) is 0 Å². The smallest absolute Gasteiger partial charge is 0.0554 e. The summed E-state index contributed by atoms with van der Waals surface area (Å²) < 4.78 is 0. The number of hydrogen-bond donors (Lipinski definition) is 0. The molecule has 48 heavy (non-hydrogen) atoms. The van der Waals surface area contributed by atoms with Gasteiger partial charge in [0.2, 0.25) is 0 Å². The van der Waals surface area contributed by atoms with Gasteiger partial charge in [0.05, 0.1) is 11.7 Å². The van der Waals surface area contributed by atoms with Gasteiger partial charge >= 0.3 is 0 Å². The molecule has 2 unspecified atom stereocenters. The average molecular weight is 629 g/mol. The number of allylic oxidation sites excluding steroid dienone is 10. The van der Waals surface area contributed by atoms with Gasteiger partial charge in [-0.1, -0.05) is 129 Å². The number of nitrogens with zero attached hydrogens (tertiary/aromatic N) is 2. The lowest BCUT2D eigenvalue weighted by Crippen LogP contribution is -2.29. The van der Waals surface area contributed by atoms with E-state index in [0.717, 1.165) is 72.4 Å². The molecule has 0 radical (unpaired) electrons. The Hall–Kier alpha value is -5.34. The topological polar surface area (TPSA) is 6.48 Å². The van der Waals surface area contributed by atoms with Crippen LogP contribution in [0.15, 0.2) is 178 Å². The molecule has 3 aromatic rings. The molecule has 0 spiro atoms. The summed E-state index contributed by atoms with van der Waals surface area (Å²) >= 11 is 0. The Balaban J connectivity index is 1.64. The first kappa shape index (κ1) is 34.0. The zero-order chi connectivity index (χ0) is 33.6. The van der Waals surface area contributed by atoms with Crippen molar-refractivity contribution in [2.24, 2.45) is 5.92 Å². The molecule has 0 bridgehead atoms. The summed E-state index contributed by atoms with van der Waals surface area (Å²) in [5.74, 6) is 0.398. The fourth-order valence-corrected chi connectivity index (χ4v) is 6.47. The minimum absolute atomic E-state index is 0.158. The van der Waals surface area contributed by atoms with Gasteiger partial charge in [0, 0.05) is 34.4 Å². The summed E-state index contributed by atoms with van der Waals surface area (Å²) in [6, 6.07) is 26.3. The highest BCUT2D eigenvalue weighted by molar-refractivity contribution is 5.93. The molecule has 2 aliphatic rings. The third-order valence-electron chi connectivity index (χ3n) is 8.92. The maximum atomic E-state index is 4.17. The number of fused-ring (bicyclic) bond motifs is 1. The molecule has 2 aliphatic carbocycles. The molecule has 0 N–H and O–H groups in total. The van der Waals surface area contributed by atoms with Crippen LogP contribution in [-0.4, -0.2) is 10.9 Å². The number of aryl methyl sites for hydroxylation is 1. The Morgan fingerprint density at radius 1 is 0.812 bits per heavy atom. The molecule has 0 amide bonds. The Morgan fingerprint density at radius 2 is 1.56 bits per heavy atom. The zero-order valence-corrected chi connectivity index (χ0v) is 28.1. The molecular formula is C46H48N2. The lowest BCUT2D eigenvalue weighted by Gasteiger charge is -2.34. The van der Waals surface area contributed by atoms with Crippen molar-refractivity contribution in [3.63, 3.8) is 0 Å². The van der Waals surface area contributed by atoms with Crippen LogP contribution in [-0.2, 0) is 6.42 Å². The number of para-hydroxylation sites is 1. The van der Waals surface area contributed by atoms with Gasteiger partial charge in [-0.05, 0) is 92.0 Å². The highest BCUT2D eigenvalue weighted by Crippen LogP contribution is 2.40. The van der Waals surface area contributed by atoms with Crippen LogP contribution in [0, 0.1) is 5.92 Å². The predicted octanol–water partition coefficient (Wildman–Crippen LogP) is 12.4. The molecule has 242 valence electrons. The van der Waals surface area contributed by atoms with Gasteiger partial charge < -0.3 is 9.80 Å². The van der Waals surface area contributed by atoms with Crippen LogP contribution in [0.3, 0.4) is 0 Å². The van der Waals surface area contributed by atoms with Crippen molar-refractivity contribution >= 4 is 28.8 Å². The average Bonchev–Trinajstić information content (AvgIpc) is 3.14. The molecule has 0 heterocycles. The van der Waals surface area contributed by atoms with Crippen LogP contribution in [0.5, 0.6) is 0 Å². The van der Waals surface area contributed by atoms with E-state index in [9.17, 15) is 0 Å². The molecule has 5 rings (SSSR count). The lowest BCUT2D eigenvalue weighted by molar-refractivity contribution is 0.443. The van der Waals surface area contributed by atoms with Gasteiger partial charge in [0.15, 0.2) is 0 Å². The molecule has 2 atom stereocenters. The normalized spacial score (nSPS) is 16.3. The maximum absolute atomic E-state index is 4.17. The molecule has 0 aliphatic heterocycles. The van der Waals surface area contributed by atoms with Crippen LogP contribution in [0.1, 0.15) is 54.4 Å². The van der Waals surface area contributed by atoms with Gasteiger partial charge in [-0.25, -0.2) is 0 Å². The van der Waals surface area contributed by atoms with E-state index < -0.39 is 0 Å². The first-order chi connectivity index (χ1) is 23.7. The Morgan fingerprint density at radius 3 is 2.27 bits per heavy atom. The fourth-order valence-electron chi connectivity index (χ4n) is 6.47. The monoisotopic (exact) mass is 628 g/mol. The van der Waals surface area contributed by atoms with Crippen LogP contribution in [0.25, 0.3) is 17.5 Å². The van der Waals surface area contributed by atoms with Gasteiger partial charge in [-0.2, -0.15) is 0 Å². The van der Waals surface area contributed by atoms with Crippen LogP contribution < -0.4 is 4.90 Å². The molecule has 2 heteroatoms. The van der Waals surface area contributed by atoms with Gasteiger partial charge in [-0.3, -0.25) is 0 Å². The van der Waals surface area contributed by atoms with Crippen molar-refractivity contribution in [3.05, 3.63) is 200 Å². The number of anilines is 2. The van der Waals surface area contributed by atoms with E-state index in [1.54, 1.807) is 0 Å². The van der Waals surface area contributed by atoms with Crippen molar-refractivity contribution in [2.45, 2.75) is 44.6 Å². The number of benzene rings is 3. The molecule has 0 fully saturated rings. The SMILES string of the molecule is C=CC=C(c1ccccc1C(=CC=C)N(C=CCC(C=C)CCC=C)C1C=CC=CC1)N(c1ccccc1)c1ccc2c(c1)C=CCC2. The van der Waals surface area contributed by atoms with E-state index in [1.165, 1.54) is 11.1 Å². The minimum atomic E-state index is 0.158. The molecule has 3 aromatic carbocycles. The molecular weight excluding hydrogens is 581 g/mol. The quantitative estimate of drug-likeness (QED) is 0.115. The van der Waals surface area contributed by atoms with Crippen LogP contribution >= 0.6 is 0 Å². The highest BCUT2D eigenvalue weighted by Gasteiger charge is 2.24. The van der Waals surface area contributed by atoms with Gasteiger partial charge in [0.1, 0.15) is 0 Å². The van der Waals surface area contributed by atoms with Crippen LogP contribution in [0.4, 0.5) is 11.4 Å². The summed E-state index contributed by atoms with van der Waals surface area (Å²) in [6.07, 6.45) is 36.0. The Bertz CT molecular complexity index is 1760. The van der Waals surface area contributed by atoms with Crippen molar-refractivity contribution in [3.8, 4) is 0 Å². The number of hydrogen-bond acceptors (Lipinski definition) is 2. The summed E-state index contributed by atoms with van der Waals surface area (Å²) in [6.45, 7) is 16.3. The molecule has 0 aromatic heterocycles. The second kappa shape index (κ2) is 17.5. The van der Waals surface area contributed by atoms with Crippen molar-refractivity contribution in [1.29, 1.82) is 0 Å². The van der Waals surface area contributed by atoms with E-state index in [4.69, 9.17) is 0 Å². The van der Waals surface area contributed by atoms with Crippen molar-refractivity contribution in [2.75, 3.05) is 4.90 Å². The molecule has 0 saturated heterocycles. The summed E-state index contributed by atoms with van der Waals surface area (Å²) in [4.78, 5) is 4.75. The second-order valence-corrected chi connectivity index (χ2v) is 12.1. The predicted molar refractivity (Wildman–Crippen MR) is 211 cm³/mol. The largest absolute Gasteiger partial charge is 0.341 e. The zero-order valence-electron chi connectivity index (χ0n) is 28.1. The standard InChI is InChI=1S/C46H48N2/c1-5-9-23-37(8-4)24-20-35-47(40-27-12-10-13-28-40)45(21-6-2)43-31-18-19-32-44(43)46(22-7-3)48(41-29-14-11-15-30-41)42-34-33-38-25-16-17-26-39(38)36-42/h5-8,10-15,17-22,26-27,29-37,40H,1-4,9,16,23-25,28H2. The summed E-state index contributed by atoms with van der Waals surface area (Å²) in [7, 11) is 0. The molecule has 2 nitrogen and oxygen atoms in total. The Labute approximate surface area is 288 Å². The fraction of sp³-hybridized carbons (Fsp3) is 0.174. The first-order valence-electron chi connectivity index (χ1n) is 17.1. The minimum Gasteiger partial charge on any atom is -0.341 e. The van der Waals surface area contributed by atoms with E-state index in [1.807, 2.05) is 18.2 Å². The second-order valence-electron chi connectivity index (χ2n) is 12.1. The summed E-state index contributed by atoms with van der Waals surface area (Å²) in [5.41, 5.74) is 9.20. The van der Waals surface area contributed by atoms with E-state index in [2.05, 4.69) is 176 Å². The molecule has 0 saturated carbocycles. The van der Waals surface area contributed by atoms with E-state index in [0.29, 0.717) is 5.92 Å². The van der Waals surface area contributed by atoms with Gasteiger partial charge in [0.25, 0.3) is 0 Å². The highest BCUT2D eigenvalue weighted by atomic mass is 15.2. The van der Waals surface area contributed by atoms with Crippen molar-refractivity contribution in [1.82, 2.24) is 4.90 Å². The van der Waals surface area contributed by atoms with E-state index in [-0.39, 0.29) is 6.04 Å². The third-order valence-corrected chi connectivity index (χ3v) is 8.92. The Kier molecular flexibility index (Phi) is 12.4.